The van der Waals surface area contributed by atoms with Crippen molar-refractivity contribution in [2.75, 3.05) is 5.32 Å². The first-order valence-electron chi connectivity index (χ1n) is 7.19. The van der Waals surface area contributed by atoms with E-state index in [2.05, 4.69) is 25.9 Å². The average Bonchev–Trinajstić information content (AvgIpc) is 3.17. The van der Waals surface area contributed by atoms with Gasteiger partial charge in [-0.3, -0.25) is 4.79 Å². The van der Waals surface area contributed by atoms with Gasteiger partial charge in [-0.25, -0.2) is 0 Å². The summed E-state index contributed by atoms with van der Waals surface area (Å²) in [5.41, 5.74) is 1.61. The molecule has 0 saturated carbocycles. The van der Waals surface area contributed by atoms with E-state index >= 15 is 0 Å². The van der Waals surface area contributed by atoms with Gasteiger partial charge in [0, 0.05) is 22.3 Å². The molecule has 1 aromatic heterocycles. The fourth-order valence-corrected chi connectivity index (χ4v) is 2.32. The van der Waals surface area contributed by atoms with Crippen LogP contribution in [0.3, 0.4) is 0 Å². The maximum atomic E-state index is 12.7. The van der Waals surface area contributed by atoms with Crippen LogP contribution in [-0.4, -0.2) is 26.4 Å². The van der Waals surface area contributed by atoms with Crippen molar-refractivity contribution in [3.05, 3.63) is 76.7 Å². The van der Waals surface area contributed by atoms with Crippen LogP contribution in [-0.2, 0) is 0 Å². The van der Waals surface area contributed by atoms with Gasteiger partial charge in [0.15, 0.2) is 5.78 Å². The molecule has 0 aliphatic heterocycles. The SMILES string of the molecule is N#CC(=CNc1cc(Cl)ccc1C(=O)c1ccccc1)c1nn[nH]n1. The number of allylic oxidation sites excluding steroid dienone is 1. The zero-order valence-electron chi connectivity index (χ0n) is 12.8. The minimum atomic E-state index is -0.161. The average molecular weight is 351 g/mol. The molecular formula is C17H11ClN6O. The number of aromatic nitrogens is 4. The van der Waals surface area contributed by atoms with E-state index in [1.807, 2.05) is 12.1 Å². The zero-order valence-corrected chi connectivity index (χ0v) is 13.5. The lowest BCUT2D eigenvalue weighted by atomic mass is 10.0. The molecule has 0 radical (unpaired) electrons. The summed E-state index contributed by atoms with van der Waals surface area (Å²) in [6.07, 6.45) is 1.40. The first-order chi connectivity index (χ1) is 12.2. The summed E-state index contributed by atoms with van der Waals surface area (Å²) in [5, 5.41) is 25.8. The molecule has 0 atom stereocenters. The molecule has 0 aliphatic carbocycles. The Labute approximate surface area is 147 Å². The lowest BCUT2D eigenvalue weighted by Crippen LogP contribution is -2.05. The highest BCUT2D eigenvalue weighted by Gasteiger charge is 2.14. The van der Waals surface area contributed by atoms with E-state index in [-0.39, 0.29) is 17.2 Å². The first kappa shape index (κ1) is 16.4. The van der Waals surface area contributed by atoms with Gasteiger partial charge >= 0.3 is 0 Å². The summed E-state index contributed by atoms with van der Waals surface area (Å²) in [7, 11) is 0. The molecule has 2 N–H and O–H groups in total. The number of tetrazole rings is 1. The van der Waals surface area contributed by atoms with Crippen molar-refractivity contribution >= 4 is 28.6 Å². The molecule has 25 heavy (non-hydrogen) atoms. The second-order valence-electron chi connectivity index (χ2n) is 4.93. The standard InChI is InChI=1S/C17H11ClN6O/c18-13-6-7-14(16(25)11-4-2-1-3-5-11)15(8-13)20-10-12(9-19)17-21-23-24-22-17/h1-8,10,20H,(H,21,22,23,24). The second-order valence-corrected chi connectivity index (χ2v) is 5.37. The van der Waals surface area contributed by atoms with E-state index < -0.39 is 0 Å². The number of aromatic amines is 1. The van der Waals surface area contributed by atoms with Crippen LogP contribution in [0.5, 0.6) is 0 Å². The van der Waals surface area contributed by atoms with Crippen molar-refractivity contribution in [1.82, 2.24) is 20.6 Å². The maximum Gasteiger partial charge on any atom is 0.216 e. The molecule has 1 heterocycles. The van der Waals surface area contributed by atoms with Crippen molar-refractivity contribution in [2.24, 2.45) is 0 Å². The number of nitrogens with one attached hydrogen (secondary N) is 2. The molecule has 3 aromatic rings. The van der Waals surface area contributed by atoms with E-state index in [9.17, 15) is 10.1 Å². The molecule has 0 unspecified atom stereocenters. The Morgan fingerprint density at radius 1 is 1.24 bits per heavy atom. The van der Waals surface area contributed by atoms with Gasteiger partial charge in [0.2, 0.25) is 5.82 Å². The van der Waals surface area contributed by atoms with Crippen molar-refractivity contribution < 1.29 is 4.79 Å². The highest BCUT2D eigenvalue weighted by atomic mass is 35.5. The third kappa shape index (κ3) is 3.71. The third-order valence-electron chi connectivity index (χ3n) is 3.34. The molecule has 7 nitrogen and oxygen atoms in total. The summed E-state index contributed by atoms with van der Waals surface area (Å²) in [6.45, 7) is 0. The first-order valence-corrected chi connectivity index (χ1v) is 7.57. The lowest BCUT2D eigenvalue weighted by Gasteiger charge is -2.09. The second kappa shape index (κ2) is 7.38. The van der Waals surface area contributed by atoms with E-state index in [0.717, 1.165) is 0 Å². The van der Waals surface area contributed by atoms with Gasteiger partial charge in [-0.05, 0) is 23.4 Å². The number of benzene rings is 2. The van der Waals surface area contributed by atoms with Crippen LogP contribution in [0.2, 0.25) is 5.02 Å². The van der Waals surface area contributed by atoms with Gasteiger partial charge in [0.1, 0.15) is 11.6 Å². The number of carbonyl (C=O) groups is 1. The topological polar surface area (TPSA) is 107 Å². The largest absolute Gasteiger partial charge is 0.360 e. The van der Waals surface area contributed by atoms with Crippen LogP contribution in [0.25, 0.3) is 5.57 Å². The number of H-pyrrole nitrogens is 1. The van der Waals surface area contributed by atoms with Gasteiger partial charge < -0.3 is 5.32 Å². The summed E-state index contributed by atoms with van der Waals surface area (Å²) in [6, 6.07) is 15.7. The molecule has 0 aliphatic rings. The zero-order chi connectivity index (χ0) is 17.6. The molecule has 0 spiro atoms. The molecule has 8 heteroatoms. The van der Waals surface area contributed by atoms with Crippen molar-refractivity contribution in [1.29, 1.82) is 5.26 Å². The number of hydrogen-bond acceptors (Lipinski definition) is 6. The Hall–Kier alpha value is -3.50. The molecule has 0 fully saturated rings. The summed E-state index contributed by atoms with van der Waals surface area (Å²) in [4.78, 5) is 12.7. The Morgan fingerprint density at radius 2 is 2.04 bits per heavy atom. The number of rotatable bonds is 5. The number of carbonyl (C=O) groups excluding carboxylic acids is 1. The number of ketones is 1. The summed E-state index contributed by atoms with van der Waals surface area (Å²) in [5.74, 6) is -0.0146. The van der Waals surface area contributed by atoms with Crippen LogP contribution in [0.1, 0.15) is 21.7 Å². The molecule has 2 aromatic carbocycles. The molecular weight excluding hydrogens is 340 g/mol. The molecule has 3 rings (SSSR count). The number of nitriles is 1. The summed E-state index contributed by atoms with van der Waals surface area (Å²) >= 11 is 6.04. The minimum Gasteiger partial charge on any atom is -0.360 e. The minimum absolute atomic E-state index is 0.146. The quantitative estimate of drug-likeness (QED) is 0.541. The molecule has 122 valence electrons. The van der Waals surface area contributed by atoms with Crippen LogP contribution in [0.4, 0.5) is 5.69 Å². The van der Waals surface area contributed by atoms with Crippen molar-refractivity contribution in [3.63, 3.8) is 0 Å². The number of halogens is 1. The fraction of sp³-hybridized carbons (Fsp3) is 0. The molecule has 0 saturated heterocycles. The Balaban J connectivity index is 1.95. The third-order valence-corrected chi connectivity index (χ3v) is 3.58. The molecule has 0 amide bonds. The van der Waals surface area contributed by atoms with Gasteiger partial charge in [-0.1, -0.05) is 41.9 Å². The van der Waals surface area contributed by atoms with E-state index in [1.54, 1.807) is 42.5 Å². The fourth-order valence-electron chi connectivity index (χ4n) is 2.15. The van der Waals surface area contributed by atoms with E-state index in [0.29, 0.717) is 21.8 Å². The van der Waals surface area contributed by atoms with E-state index in [1.165, 1.54) is 6.20 Å². The van der Waals surface area contributed by atoms with Crippen LogP contribution in [0, 0.1) is 11.3 Å². The highest BCUT2D eigenvalue weighted by Crippen LogP contribution is 2.24. The highest BCUT2D eigenvalue weighted by molar-refractivity contribution is 6.31. The van der Waals surface area contributed by atoms with Gasteiger partial charge in [-0.15, -0.1) is 10.2 Å². The Bertz CT molecular complexity index is 961. The van der Waals surface area contributed by atoms with Crippen molar-refractivity contribution in [3.8, 4) is 6.07 Å². The predicted octanol–water partition coefficient (Wildman–Crippen LogP) is 3.06. The Morgan fingerprint density at radius 3 is 2.72 bits per heavy atom. The maximum absolute atomic E-state index is 12.7. The smallest absolute Gasteiger partial charge is 0.216 e. The van der Waals surface area contributed by atoms with Crippen LogP contribution >= 0.6 is 11.6 Å². The monoisotopic (exact) mass is 350 g/mol. The number of nitrogens with zero attached hydrogens (tertiary/aromatic N) is 4. The van der Waals surface area contributed by atoms with E-state index in [4.69, 9.17) is 11.6 Å². The number of anilines is 1. The molecule has 0 bridgehead atoms. The van der Waals surface area contributed by atoms with Gasteiger partial charge in [0.05, 0.1) is 5.69 Å². The lowest BCUT2D eigenvalue weighted by molar-refractivity contribution is 0.103. The van der Waals surface area contributed by atoms with Gasteiger partial charge in [0.25, 0.3) is 0 Å². The Kier molecular flexibility index (Phi) is 4.83. The predicted molar refractivity (Wildman–Crippen MR) is 92.7 cm³/mol. The van der Waals surface area contributed by atoms with Crippen LogP contribution in [0.15, 0.2) is 54.7 Å². The van der Waals surface area contributed by atoms with Gasteiger partial charge in [-0.2, -0.15) is 10.5 Å². The number of hydrogen-bond donors (Lipinski definition) is 2. The van der Waals surface area contributed by atoms with Crippen molar-refractivity contribution in [2.45, 2.75) is 0 Å². The normalized spacial score (nSPS) is 11.0. The summed E-state index contributed by atoms with van der Waals surface area (Å²) < 4.78 is 0. The van der Waals surface area contributed by atoms with Crippen LogP contribution < -0.4 is 5.32 Å².